The van der Waals surface area contributed by atoms with Gasteiger partial charge in [-0.1, -0.05) is 38.1 Å². The van der Waals surface area contributed by atoms with Crippen LogP contribution in [0.4, 0.5) is 0 Å². The zero-order valence-electron chi connectivity index (χ0n) is 11.2. The molecule has 92 valence electrons. The van der Waals surface area contributed by atoms with Crippen LogP contribution in [0, 0.1) is 12.3 Å². The van der Waals surface area contributed by atoms with E-state index in [2.05, 4.69) is 51.1 Å². The van der Waals surface area contributed by atoms with E-state index in [-0.39, 0.29) is 5.41 Å². The van der Waals surface area contributed by atoms with Crippen molar-refractivity contribution >= 4 is 16.6 Å². The minimum atomic E-state index is 0.0854. The Hall–Kier alpha value is -1.63. The number of carbonyl (C=O) groups excluding carboxylic acids is 1. The Labute approximate surface area is 108 Å². The van der Waals surface area contributed by atoms with E-state index in [1.165, 1.54) is 21.9 Å². The molecule has 0 heterocycles. The third-order valence-corrected chi connectivity index (χ3v) is 3.96. The molecule has 0 amide bonds. The molecule has 0 atom stereocenters. The Bertz CT molecular complexity index is 650. The number of carbonyl (C=O) groups is 1. The average molecular weight is 238 g/mol. The Morgan fingerprint density at radius 3 is 2.44 bits per heavy atom. The third kappa shape index (κ3) is 1.66. The summed E-state index contributed by atoms with van der Waals surface area (Å²) in [5, 5.41) is 2.54. The minimum Gasteiger partial charge on any atom is -0.294 e. The van der Waals surface area contributed by atoms with E-state index in [1.807, 2.05) is 0 Å². The molecule has 0 saturated carbocycles. The summed E-state index contributed by atoms with van der Waals surface area (Å²) >= 11 is 0. The highest BCUT2D eigenvalue weighted by Gasteiger charge is 2.32. The van der Waals surface area contributed by atoms with Gasteiger partial charge in [0.1, 0.15) is 0 Å². The molecule has 18 heavy (non-hydrogen) atoms. The molecule has 1 aliphatic carbocycles. The van der Waals surface area contributed by atoms with Gasteiger partial charge in [0.2, 0.25) is 0 Å². The zero-order valence-corrected chi connectivity index (χ0v) is 11.2. The maximum atomic E-state index is 12.3. The van der Waals surface area contributed by atoms with Crippen molar-refractivity contribution in [1.29, 1.82) is 0 Å². The molecular formula is C17H18O. The highest BCUT2D eigenvalue weighted by atomic mass is 16.1. The molecule has 0 N–H and O–H groups in total. The van der Waals surface area contributed by atoms with Crippen LogP contribution in [0.3, 0.4) is 0 Å². The minimum absolute atomic E-state index is 0.0854. The summed E-state index contributed by atoms with van der Waals surface area (Å²) in [6.45, 7) is 6.46. The molecule has 2 aromatic carbocycles. The maximum absolute atomic E-state index is 12.3. The van der Waals surface area contributed by atoms with Crippen LogP contribution < -0.4 is 0 Å². The number of ketones is 1. The fourth-order valence-electron chi connectivity index (χ4n) is 3.13. The standard InChI is InChI=1S/C17H18O/c1-11-8-14-15(9-17(2,3)10-16(14)18)13-7-5-4-6-12(11)13/h4-8H,9-10H2,1-3H3. The van der Waals surface area contributed by atoms with Gasteiger partial charge >= 0.3 is 0 Å². The van der Waals surface area contributed by atoms with E-state index in [0.717, 1.165) is 12.0 Å². The molecule has 0 spiro atoms. The molecule has 1 aliphatic rings. The lowest BCUT2D eigenvalue weighted by Gasteiger charge is -2.31. The Morgan fingerprint density at radius 1 is 1.06 bits per heavy atom. The highest BCUT2D eigenvalue weighted by Crippen LogP contribution is 2.39. The Morgan fingerprint density at radius 2 is 1.72 bits per heavy atom. The lowest BCUT2D eigenvalue weighted by molar-refractivity contribution is 0.0913. The second-order valence-corrected chi connectivity index (χ2v) is 6.21. The zero-order chi connectivity index (χ0) is 12.9. The summed E-state index contributed by atoms with van der Waals surface area (Å²) in [6, 6.07) is 10.5. The van der Waals surface area contributed by atoms with Crippen LogP contribution in [0.5, 0.6) is 0 Å². The predicted octanol–water partition coefficient (Wildman–Crippen LogP) is 4.30. The number of hydrogen-bond acceptors (Lipinski definition) is 1. The monoisotopic (exact) mass is 238 g/mol. The van der Waals surface area contributed by atoms with E-state index in [4.69, 9.17) is 0 Å². The van der Waals surface area contributed by atoms with Gasteiger partial charge in [0.15, 0.2) is 5.78 Å². The number of hydrogen-bond donors (Lipinski definition) is 0. The van der Waals surface area contributed by atoms with Gasteiger partial charge in [0.05, 0.1) is 0 Å². The Kier molecular flexibility index (Phi) is 2.34. The number of aryl methyl sites for hydroxylation is 1. The molecule has 0 radical (unpaired) electrons. The van der Waals surface area contributed by atoms with E-state index in [9.17, 15) is 4.79 Å². The van der Waals surface area contributed by atoms with Crippen molar-refractivity contribution in [2.24, 2.45) is 5.41 Å². The van der Waals surface area contributed by atoms with Crippen molar-refractivity contribution in [1.82, 2.24) is 0 Å². The molecule has 0 unspecified atom stereocenters. The molecule has 1 nitrogen and oxygen atoms in total. The quantitative estimate of drug-likeness (QED) is 0.668. The van der Waals surface area contributed by atoms with E-state index in [0.29, 0.717) is 12.2 Å². The van der Waals surface area contributed by atoms with Gasteiger partial charge in [0, 0.05) is 12.0 Å². The van der Waals surface area contributed by atoms with Gasteiger partial charge in [-0.25, -0.2) is 0 Å². The molecule has 3 rings (SSSR count). The summed E-state index contributed by atoms with van der Waals surface area (Å²) in [6.07, 6.45) is 1.66. The molecule has 0 fully saturated rings. The van der Waals surface area contributed by atoms with E-state index < -0.39 is 0 Å². The average Bonchev–Trinajstić information content (AvgIpc) is 2.31. The fraction of sp³-hybridized carbons (Fsp3) is 0.353. The summed E-state index contributed by atoms with van der Waals surface area (Å²) in [4.78, 5) is 12.3. The summed E-state index contributed by atoms with van der Waals surface area (Å²) in [5.74, 6) is 0.301. The van der Waals surface area contributed by atoms with Crippen molar-refractivity contribution in [3.05, 3.63) is 47.0 Å². The molecule has 0 aromatic heterocycles. The molecule has 0 bridgehead atoms. The van der Waals surface area contributed by atoms with Crippen LogP contribution in [0.1, 0.15) is 41.8 Å². The van der Waals surface area contributed by atoms with Gasteiger partial charge in [-0.3, -0.25) is 4.79 Å². The normalized spacial score (nSPS) is 17.8. The van der Waals surface area contributed by atoms with Crippen molar-refractivity contribution in [2.45, 2.75) is 33.6 Å². The molecular weight excluding hydrogens is 220 g/mol. The number of fused-ring (bicyclic) bond motifs is 3. The third-order valence-electron chi connectivity index (χ3n) is 3.96. The van der Waals surface area contributed by atoms with Crippen LogP contribution in [0.25, 0.3) is 10.8 Å². The van der Waals surface area contributed by atoms with Gasteiger partial charge in [0.25, 0.3) is 0 Å². The topological polar surface area (TPSA) is 17.1 Å². The first kappa shape index (κ1) is 11.5. The predicted molar refractivity (Wildman–Crippen MR) is 75.1 cm³/mol. The lowest BCUT2D eigenvalue weighted by atomic mass is 9.72. The van der Waals surface area contributed by atoms with Crippen molar-refractivity contribution < 1.29 is 4.79 Å². The van der Waals surface area contributed by atoms with E-state index >= 15 is 0 Å². The second kappa shape index (κ2) is 3.68. The van der Waals surface area contributed by atoms with Gasteiger partial charge in [-0.2, -0.15) is 0 Å². The number of benzene rings is 2. The number of Topliss-reactive ketones (excluding diaryl/α,β-unsaturated/α-hetero) is 1. The largest absolute Gasteiger partial charge is 0.294 e. The van der Waals surface area contributed by atoms with Crippen molar-refractivity contribution in [3.63, 3.8) is 0 Å². The van der Waals surface area contributed by atoms with Crippen LogP contribution >= 0.6 is 0 Å². The molecule has 2 aromatic rings. The summed E-state index contributed by atoms with van der Waals surface area (Å²) in [7, 11) is 0. The van der Waals surface area contributed by atoms with Crippen LogP contribution in [-0.2, 0) is 6.42 Å². The summed E-state index contributed by atoms with van der Waals surface area (Å²) < 4.78 is 0. The highest BCUT2D eigenvalue weighted by molar-refractivity contribution is 6.05. The molecule has 0 saturated heterocycles. The first-order chi connectivity index (χ1) is 8.48. The first-order valence-corrected chi connectivity index (χ1v) is 6.52. The molecule has 0 aliphatic heterocycles. The van der Waals surface area contributed by atoms with Gasteiger partial charge in [-0.15, -0.1) is 0 Å². The van der Waals surface area contributed by atoms with Crippen molar-refractivity contribution in [2.75, 3.05) is 0 Å². The SMILES string of the molecule is Cc1cc2c(c3ccccc13)CC(C)(C)CC2=O. The van der Waals surface area contributed by atoms with Gasteiger partial charge in [-0.05, 0) is 46.7 Å². The Balaban J connectivity index is 2.37. The summed E-state index contributed by atoms with van der Waals surface area (Å²) in [5.41, 5.74) is 3.49. The second-order valence-electron chi connectivity index (χ2n) is 6.21. The van der Waals surface area contributed by atoms with Crippen LogP contribution in [-0.4, -0.2) is 5.78 Å². The first-order valence-electron chi connectivity index (χ1n) is 6.52. The molecule has 1 heteroatoms. The van der Waals surface area contributed by atoms with Crippen LogP contribution in [0.15, 0.2) is 30.3 Å². The van der Waals surface area contributed by atoms with Gasteiger partial charge < -0.3 is 0 Å². The lowest BCUT2D eigenvalue weighted by Crippen LogP contribution is -2.27. The number of rotatable bonds is 0. The smallest absolute Gasteiger partial charge is 0.163 e. The maximum Gasteiger partial charge on any atom is 0.163 e. The fourth-order valence-corrected chi connectivity index (χ4v) is 3.13. The van der Waals surface area contributed by atoms with E-state index in [1.54, 1.807) is 0 Å². The van der Waals surface area contributed by atoms with Crippen LogP contribution in [0.2, 0.25) is 0 Å². The van der Waals surface area contributed by atoms with Crippen molar-refractivity contribution in [3.8, 4) is 0 Å².